The number of hydrogen-bond acceptors (Lipinski definition) is 4. The smallest absolute Gasteiger partial charge is 0.387 e. The predicted octanol–water partition coefficient (Wildman–Crippen LogP) is 4.35. The molecule has 0 fully saturated rings. The zero-order chi connectivity index (χ0) is 21.6. The zero-order valence-corrected chi connectivity index (χ0v) is 19.8. The molecule has 3 N–H and O–H groups in total. The van der Waals surface area contributed by atoms with Crippen molar-refractivity contribution in [2.24, 2.45) is 4.99 Å². The molecule has 0 bridgehead atoms. The minimum absolute atomic E-state index is 0. The topological polar surface area (TPSA) is 75.1 Å². The Hall–Kier alpha value is -2.14. The molecule has 2 aromatic rings. The third kappa shape index (κ3) is 11.2. The molecule has 0 saturated carbocycles. The van der Waals surface area contributed by atoms with Crippen molar-refractivity contribution in [3.05, 3.63) is 60.2 Å². The maximum absolute atomic E-state index is 12.2. The molecule has 0 aromatic heterocycles. The molecule has 0 amide bonds. The second-order valence-electron chi connectivity index (χ2n) is 6.48. The molecule has 31 heavy (non-hydrogen) atoms. The van der Waals surface area contributed by atoms with Crippen molar-refractivity contribution in [3.63, 3.8) is 0 Å². The van der Waals surface area contributed by atoms with E-state index in [1.807, 2.05) is 37.3 Å². The summed E-state index contributed by atoms with van der Waals surface area (Å²) in [5.41, 5.74) is 0.578. The van der Waals surface area contributed by atoms with Crippen LogP contribution < -0.4 is 20.1 Å². The average molecular weight is 549 g/mol. The highest BCUT2D eigenvalue weighted by Crippen LogP contribution is 2.19. The standard InChI is InChI=1S/C22H29F2N3O3.HI/c1-2-25-22(26-14-6-7-15-29-18-8-4-3-5-9-18)27-16-20(28)17-10-12-19(13-11-17)30-21(23)24;/h3-5,8-13,20-21,28H,2,6-7,14-16H2,1H3,(H2,25,26,27);1H. The largest absolute Gasteiger partial charge is 0.494 e. The highest BCUT2D eigenvalue weighted by molar-refractivity contribution is 14.0. The lowest BCUT2D eigenvalue weighted by molar-refractivity contribution is -0.0498. The second kappa shape index (κ2) is 15.6. The van der Waals surface area contributed by atoms with Crippen LogP contribution in [0.2, 0.25) is 0 Å². The lowest BCUT2D eigenvalue weighted by Crippen LogP contribution is -2.38. The number of nitrogens with zero attached hydrogens (tertiary/aromatic N) is 1. The van der Waals surface area contributed by atoms with Crippen molar-refractivity contribution >= 4 is 29.9 Å². The maximum Gasteiger partial charge on any atom is 0.387 e. The van der Waals surface area contributed by atoms with Crippen molar-refractivity contribution < 1.29 is 23.4 Å². The summed E-state index contributed by atoms with van der Waals surface area (Å²) in [5, 5.41) is 16.6. The molecular weight excluding hydrogens is 519 g/mol. The first kappa shape index (κ1) is 26.9. The number of aliphatic hydroxyl groups is 1. The quantitative estimate of drug-likeness (QED) is 0.159. The van der Waals surface area contributed by atoms with E-state index in [1.165, 1.54) is 12.1 Å². The normalized spacial score (nSPS) is 12.1. The lowest BCUT2D eigenvalue weighted by Gasteiger charge is -2.14. The molecule has 0 heterocycles. The van der Waals surface area contributed by atoms with E-state index in [9.17, 15) is 13.9 Å². The van der Waals surface area contributed by atoms with E-state index < -0.39 is 12.7 Å². The summed E-state index contributed by atoms with van der Waals surface area (Å²) in [6.07, 6.45) is 0.961. The van der Waals surface area contributed by atoms with Crippen molar-refractivity contribution in [3.8, 4) is 11.5 Å². The number of hydrogen-bond donors (Lipinski definition) is 3. The fourth-order valence-corrected chi connectivity index (χ4v) is 2.64. The minimum Gasteiger partial charge on any atom is -0.494 e. The van der Waals surface area contributed by atoms with Crippen LogP contribution >= 0.6 is 24.0 Å². The molecule has 0 spiro atoms. The van der Waals surface area contributed by atoms with Crippen LogP contribution in [0, 0.1) is 0 Å². The lowest BCUT2D eigenvalue weighted by atomic mass is 10.1. The number of aliphatic hydroxyl groups excluding tert-OH is 1. The summed E-state index contributed by atoms with van der Waals surface area (Å²) in [4.78, 5) is 4.39. The van der Waals surface area contributed by atoms with Crippen LogP contribution in [-0.4, -0.2) is 43.9 Å². The molecule has 9 heteroatoms. The third-order valence-electron chi connectivity index (χ3n) is 4.13. The summed E-state index contributed by atoms with van der Waals surface area (Å²) in [5.74, 6) is 1.53. The van der Waals surface area contributed by atoms with E-state index in [1.54, 1.807) is 12.1 Å². The number of halogens is 3. The Morgan fingerprint density at radius 2 is 1.71 bits per heavy atom. The molecule has 0 aliphatic heterocycles. The fraction of sp³-hybridized carbons (Fsp3) is 0.409. The first-order valence-electron chi connectivity index (χ1n) is 10.0. The van der Waals surface area contributed by atoms with Gasteiger partial charge in [-0.3, -0.25) is 4.99 Å². The van der Waals surface area contributed by atoms with Crippen molar-refractivity contribution in [1.29, 1.82) is 0 Å². The maximum atomic E-state index is 12.2. The van der Waals surface area contributed by atoms with Gasteiger partial charge in [-0.1, -0.05) is 30.3 Å². The van der Waals surface area contributed by atoms with Gasteiger partial charge in [-0.15, -0.1) is 24.0 Å². The third-order valence-corrected chi connectivity index (χ3v) is 4.13. The Balaban J connectivity index is 0.00000480. The number of aliphatic imine (C=N–C) groups is 1. The Morgan fingerprint density at radius 1 is 1.00 bits per heavy atom. The minimum atomic E-state index is -2.87. The molecule has 0 radical (unpaired) electrons. The first-order chi connectivity index (χ1) is 14.6. The molecule has 1 unspecified atom stereocenters. The van der Waals surface area contributed by atoms with Gasteiger partial charge in [0.15, 0.2) is 5.96 Å². The molecular formula is C22H30F2IN3O3. The Kier molecular flexibility index (Phi) is 13.6. The SMILES string of the molecule is CCNC(=NCC(O)c1ccc(OC(F)F)cc1)NCCCCOc1ccccc1.I. The highest BCUT2D eigenvalue weighted by Gasteiger charge is 2.09. The zero-order valence-electron chi connectivity index (χ0n) is 17.5. The van der Waals surface area contributed by atoms with Gasteiger partial charge in [0.2, 0.25) is 0 Å². The van der Waals surface area contributed by atoms with E-state index in [2.05, 4.69) is 20.4 Å². The number of nitrogens with one attached hydrogen (secondary N) is 2. The summed E-state index contributed by atoms with van der Waals surface area (Å²) in [6, 6.07) is 15.6. The van der Waals surface area contributed by atoms with Gasteiger partial charge in [0.05, 0.1) is 19.3 Å². The van der Waals surface area contributed by atoms with Gasteiger partial charge >= 0.3 is 6.61 Å². The van der Waals surface area contributed by atoms with Gasteiger partial charge < -0.3 is 25.2 Å². The predicted molar refractivity (Wildman–Crippen MR) is 129 cm³/mol. The molecule has 6 nitrogen and oxygen atoms in total. The van der Waals surface area contributed by atoms with Gasteiger partial charge in [-0.25, -0.2) is 0 Å². The molecule has 0 saturated heterocycles. The average Bonchev–Trinajstić information content (AvgIpc) is 2.75. The van der Waals surface area contributed by atoms with Gasteiger partial charge in [0.1, 0.15) is 11.5 Å². The number of benzene rings is 2. The van der Waals surface area contributed by atoms with E-state index in [0.29, 0.717) is 24.7 Å². The molecule has 1 atom stereocenters. The molecule has 2 rings (SSSR count). The number of ether oxygens (including phenoxy) is 2. The van der Waals surface area contributed by atoms with Crippen LogP contribution in [0.1, 0.15) is 31.4 Å². The van der Waals surface area contributed by atoms with Crippen molar-refractivity contribution in [2.45, 2.75) is 32.5 Å². The first-order valence-corrected chi connectivity index (χ1v) is 10.0. The van der Waals surface area contributed by atoms with Crippen LogP contribution in [0.15, 0.2) is 59.6 Å². The monoisotopic (exact) mass is 549 g/mol. The number of rotatable bonds is 12. The van der Waals surface area contributed by atoms with Gasteiger partial charge in [0.25, 0.3) is 0 Å². The number of para-hydroxylation sites is 1. The van der Waals surface area contributed by atoms with Crippen LogP contribution in [0.3, 0.4) is 0 Å². The molecule has 2 aromatic carbocycles. The number of alkyl halides is 2. The van der Waals surface area contributed by atoms with Crippen LogP contribution in [0.25, 0.3) is 0 Å². The van der Waals surface area contributed by atoms with E-state index in [4.69, 9.17) is 4.74 Å². The Bertz CT molecular complexity index is 749. The fourth-order valence-electron chi connectivity index (χ4n) is 2.64. The van der Waals surface area contributed by atoms with E-state index in [-0.39, 0.29) is 36.3 Å². The van der Waals surface area contributed by atoms with Gasteiger partial charge in [-0.05, 0) is 49.6 Å². The molecule has 172 valence electrons. The summed E-state index contributed by atoms with van der Waals surface area (Å²) >= 11 is 0. The van der Waals surface area contributed by atoms with Crippen molar-refractivity contribution in [1.82, 2.24) is 10.6 Å². The van der Waals surface area contributed by atoms with Crippen molar-refractivity contribution in [2.75, 3.05) is 26.2 Å². The summed E-state index contributed by atoms with van der Waals surface area (Å²) < 4.78 is 34.4. The number of unbranched alkanes of at least 4 members (excludes halogenated alkanes) is 1. The van der Waals surface area contributed by atoms with Gasteiger partial charge in [0, 0.05) is 13.1 Å². The van der Waals surface area contributed by atoms with E-state index >= 15 is 0 Å². The molecule has 0 aliphatic rings. The van der Waals surface area contributed by atoms with Crippen LogP contribution in [0.4, 0.5) is 8.78 Å². The van der Waals surface area contributed by atoms with Crippen LogP contribution in [0.5, 0.6) is 11.5 Å². The summed E-state index contributed by atoms with van der Waals surface area (Å²) in [6.45, 7) is 1.29. The number of guanidine groups is 1. The Labute approximate surface area is 199 Å². The summed E-state index contributed by atoms with van der Waals surface area (Å²) in [7, 11) is 0. The molecule has 0 aliphatic carbocycles. The van der Waals surface area contributed by atoms with Gasteiger partial charge in [-0.2, -0.15) is 8.78 Å². The van der Waals surface area contributed by atoms with Crippen LogP contribution in [-0.2, 0) is 0 Å². The van der Waals surface area contributed by atoms with E-state index in [0.717, 1.165) is 25.1 Å². The second-order valence-corrected chi connectivity index (χ2v) is 6.48. The Morgan fingerprint density at radius 3 is 2.35 bits per heavy atom. The highest BCUT2D eigenvalue weighted by atomic mass is 127.